The fraction of sp³-hybridized carbons (Fsp3) is 0.900. The zero-order chi connectivity index (χ0) is 9.68. The molecule has 0 aromatic heterocycles. The molecular formula is C10H19NO2. The van der Waals surface area contributed by atoms with Gasteiger partial charge in [0.05, 0.1) is 13.3 Å². The summed E-state index contributed by atoms with van der Waals surface area (Å²) in [6, 6.07) is 0.548. The smallest absolute Gasteiger partial charge is 0.120 e. The Hall–Kier alpha value is -0.410. The second kappa shape index (κ2) is 5.35. The second-order valence-electron chi connectivity index (χ2n) is 3.93. The molecule has 0 aliphatic carbocycles. The minimum Gasteiger partial charge on any atom is -0.364 e. The van der Waals surface area contributed by atoms with Gasteiger partial charge >= 0.3 is 0 Å². The molecule has 1 atom stereocenters. The fourth-order valence-electron chi connectivity index (χ4n) is 1.71. The van der Waals surface area contributed by atoms with E-state index in [1.165, 1.54) is 0 Å². The zero-order valence-corrected chi connectivity index (χ0v) is 8.53. The Balaban J connectivity index is 2.26. The van der Waals surface area contributed by atoms with Crippen molar-refractivity contribution in [1.82, 2.24) is 4.90 Å². The SMILES string of the molecule is CC(C)[C@@H]1COCN1CCCC=O. The highest BCUT2D eigenvalue weighted by Gasteiger charge is 2.26. The molecule has 1 rings (SSSR count). The standard InChI is InChI=1S/C10H19NO2/c1-9(2)10-7-13-8-11(10)5-3-4-6-12/h6,9-10H,3-5,7-8H2,1-2H3/t10-/m0/s1. The first-order valence-electron chi connectivity index (χ1n) is 5.01. The molecule has 0 bridgehead atoms. The van der Waals surface area contributed by atoms with E-state index in [2.05, 4.69) is 18.7 Å². The molecule has 1 saturated heterocycles. The molecule has 1 fully saturated rings. The Morgan fingerprint density at radius 3 is 3.00 bits per heavy atom. The van der Waals surface area contributed by atoms with Crippen LogP contribution in [0.1, 0.15) is 26.7 Å². The minimum atomic E-state index is 0.548. The van der Waals surface area contributed by atoms with Crippen LogP contribution < -0.4 is 0 Å². The van der Waals surface area contributed by atoms with E-state index in [1.54, 1.807) is 0 Å². The highest BCUT2D eigenvalue weighted by Crippen LogP contribution is 2.17. The zero-order valence-electron chi connectivity index (χ0n) is 8.53. The molecule has 1 heterocycles. The lowest BCUT2D eigenvalue weighted by atomic mass is 10.0. The van der Waals surface area contributed by atoms with Crippen molar-refractivity contribution in [2.75, 3.05) is 19.9 Å². The van der Waals surface area contributed by atoms with Gasteiger partial charge in [-0.2, -0.15) is 0 Å². The molecule has 0 aromatic rings. The Labute approximate surface area is 80.1 Å². The summed E-state index contributed by atoms with van der Waals surface area (Å²) in [7, 11) is 0. The van der Waals surface area contributed by atoms with Crippen molar-refractivity contribution in [2.45, 2.75) is 32.7 Å². The first-order valence-corrected chi connectivity index (χ1v) is 5.01. The second-order valence-corrected chi connectivity index (χ2v) is 3.93. The molecule has 3 heteroatoms. The van der Waals surface area contributed by atoms with E-state index < -0.39 is 0 Å². The van der Waals surface area contributed by atoms with Gasteiger partial charge in [-0.15, -0.1) is 0 Å². The highest BCUT2D eigenvalue weighted by molar-refractivity contribution is 5.48. The number of hydrogen-bond donors (Lipinski definition) is 0. The van der Waals surface area contributed by atoms with E-state index in [0.717, 1.165) is 32.6 Å². The fourth-order valence-corrected chi connectivity index (χ4v) is 1.71. The topological polar surface area (TPSA) is 29.5 Å². The third-order valence-electron chi connectivity index (χ3n) is 2.55. The molecule has 0 unspecified atom stereocenters. The van der Waals surface area contributed by atoms with Crippen LogP contribution in [0.25, 0.3) is 0 Å². The van der Waals surface area contributed by atoms with Crippen molar-refractivity contribution < 1.29 is 9.53 Å². The van der Waals surface area contributed by atoms with E-state index in [1.807, 2.05) is 0 Å². The molecular weight excluding hydrogens is 166 g/mol. The summed E-state index contributed by atoms with van der Waals surface area (Å²) >= 11 is 0. The highest BCUT2D eigenvalue weighted by atomic mass is 16.5. The first kappa shape index (κ1) is 10.7. The average Bonchev–Trinajstić information content (AvgIpc) is 2.53. The lowest BCUT2D eigenvalue weighted by molar-refractivity contribution is -0.108. The molecule has 76 valence electrons. The van der Waals surface area contributed by atoms with Gasteiger partial charge in [-0.3, -0.25) is 4.90 Å². The third kappa shape index (κ3) is 3.08. The maximum atomic E-state index is 10.1. The van der Waals surface area contributed by atoms with Crippen LogP contribution in [-0.2, 0) is 9.53 Å². The van der Waals surface area contributed by atoms with Gasteiger partial charge in [-0.1, -0.05) is 13.8 Å². The number of nitrogens with zero attached hydrogens (tertiary/aromatic N) is 1. The monoisotopic (exact) mass is 185 g/mol. The van der Waals surface area contributed by atoms with Crippen molar-refractivity contribution in [2.24, 2.45) is 5.92 Å². The molecule has 1 aliphatic rings. The van der Waals surface area contributed by atoms with Crippen LogP contribution in [0.3, 0.4) is 0 Å². The van der Waals surface area contributed by atoms with Gasteiger partial charge < -0.3 is 9.53 Å². The van der Waals surface area contributed by atoms with Gasteiger partial charge in [0.25, 0.3) is 0 Å². The van der Waals surface area contributed by atoms with E-state index in [0.29, 0.717) is 18.4 Å². The largest absolute Gasteiger partial charge is 0.364 e. The maximum Gasteiger partial charge on any atom is 0.120 e. The maximum absolute atomic E-state index is 10.1. The summed E-state index contributed by atoms with van der Waals surface area (Å²) in [6.07, 6.45) is 2.61. The summed E-state index contributed by atoms with van der Waals surface area (Å²) in [4.78, 5) is 12.5. The molecule has 1 aliphatic heterocycles. The molecule has 0 radical (unpaired) electrons. The van der Waals surface area contributed by atoms with E-state index in [-0.39, 0.29) is 0 Å². The van der Waals surface area contributed by atoms with Crippen LogP contribution in [0.15, 0.2) is 0 Å². The van der Waals surface area contributed by atoms with Crippen molar-refractivity contribution in [3.05, 3.63) is 0 Å². The van der Waals surface area contributed by atoms with Crippen LogP contribution in [0.4, 0.5) is 0 Å². The number of unbranched alkanes of at least 4 members (excludes halogenated alkanes) is 1. The Bertz CT molecular complexity index is 159. The number of carbonyl (C=O) groups is 1. The van der Waals surface area contributed by atoms with Gasteiger partial charge in [0, 0.05) is 19.0 Å². The van der Waals surface area contributed by atoms with Gasteiger partial charge in [-0.25, -0.2) is 0 Å². The normalized spacial score (nSPS) is 24.1. The summed E-state index contributed by atoms with van der Waals surface area (Å²) in [6.45, 7) is 7.00. The Morgan fingerprint density at radius 1 is 1.62 bits per heavy atom. The summed E-state index contributed by atoms with van der Waals surface area (Å²) in [5.74, 6) is 0.638. The Morgan fingerprint density at radius 2 is 2.38 bits per heavy atom. The lowest BCUT2D eigenvalue weighted by Crippen LogP contribution is -2.35. The number of hydrogen-bond acceptors (Lipinski definition) is 3. The number of rotatable bonds is 5. The van der Waals surface area contributed by atoms with Gasteiger partial charge in [0.2, 0.25) is 0 Å². The number of ether oxygens (including phenoxy) is 1. The number of carbonyl (C=O) groups excluding carboxylic acids is 1. The predicted molar refractivity (Wildman–Crippen MR) is 51.4 cm³/mol. The third-order valence-corrected chi connectivity index (χ3v) is 2.55. The van der Waals surface area contributed by atoms with E-state index >= 15 is 0 Å². The van der Waals surface area contributed by atoms with E-state index in [9.17, 15) is 4.79 Å². The van der Waals surface area contributed by atoms with Crippen molar-refractivity contribution >= 4 is 6.29 Å². The Kier molecular flexibility index (Phi) is 4.39. The van der Waals surface area contributed by atoms with Crippen LogP contribution in [0, 0.1) is 5.92 Å². The van der Waals surface area contributed by atoms with Crippen LogP contribution in [-0.4, -0.2) is 37.1 Å². The molecule has 0 N–H and O–H groups in total. The molecule has 0 spiro atoms. The van der Waals surface area contributed by atoms with Crippen LogP contribution in [0.2, 0.25) is 0 Å². The van der Waals surface area contributed by atoms with Gasteiger partial charge in [-0.05, 0) is 12.3 Å². The quantitative estimate of drug-likeness (QED) is 0.477. The first-order chi connectivity index (χ1) is 6.25. The van der Waals surface area contributed by atoms with E-state index in [4.69, 9.17) is 4.74 Å². The predicted octanol–water partition coefficient (Wildman–Crippen LogP) is 1.28. The number of aldehydes is 1. The average molecular weight is 185 g/mol. The van der Waals surface area contributed by atoms with Crippen molar-refractivity contribution in [1.29, 1.82) is 0 Å². The van der Waals surface area contributed by atoms with Crippen molar-refractivity contribution in [3.8, 4) is 0 Å². The molecule has 0 saturated carbocycles. The minimum absolute atomic E-state index is 0.548. The van der Waals surface area contributed by atoms with Gasteiger partial charge in [0.15, 0.2) is 0 Å². The molecule has 0 amide bonds. The lowest BCUT2D eigenvalue weighted by Gasteiger charge is -2.24. The molecule has 3 nitrogen and oxygen atoms in total. The van der Waals surface area contributed by atoms with Crippen LogP contribution >= 0.6 is 0 Å². The van der Waals surface area contributed by atoms with Crippen molar-refractivity contribution in [3.63, 3.8) is 0 Å². The van der Waals surface area contributed by atoms with Gasteiger partial charge in [0.1, 0.15) is 6.29 Å². The summed E-state index contributed by atoms with van der Waals surface area (Å²) in [5.41, 5.74) is 0. The summed E-state index contributed by atoms with van der Waals surface area (Å²) in [5, 5.41) is 0. The summed E-state index contributed by atoms with van der Waals surface area (Å²) < 4.78 is 5.40. The van der Waals surface area contributed by atoms with Crippen LogP contribution in [0.5, 0.6) is 0 Å². The molecule has 0 aromatic carbocycles. The molecule has 13 heavy (non-hydrogen) atoms.